The Morgan fingerprint density at radius 1 is 0.391 bits per heavy atom. The number of hydrogen-bond donors (Lipinski definition) is 0. The van der Waals surface area contributed by atoms with Gasteiger partial charge in [0.15, 0.2) is 0 Å². The summed E-state index contributed by atoms with van der Waals surface area (Å²) in [6, 6.07) is 54.8. The number of aromatic nitrogens is 1. The number of hydrogen-bond acceptors (Lipinski definition) is 1. The van der Waals surface area contributed by atoms with Crippen molar-refractivity contribution < 1.29 is 4.42 Å². The second-order valence-corrected chi connectivity index (χ2v) is 11.7. The highest BCUT2D eigenvalue weighted by atomic mass is 16.3. The molecule has 0 aliphatic heterocycles. The van der Waals surface area contributed by atoms with Crippen LogP contribution in [0.2, 0.25) is 0 Å². The van der Waals surface area contributed by atoms with E-state index in [2.05, 4.69) is 150 Å². The summed E-state index contributed by atoms with van der Waals surface area (Å²) in [7, 11) is 0. The number of rotatable bonds is 2. The van der Waals surface area contributed by atoms with Gasteiger partial charge in [-0.1, -0.05) is 123 Å². The summed E-state index contributed by atoms with van der Waals surface area (Å²) in [6.45, 7) is 4.00. The molecule has 2 heterocycles. The minimum atomic E-state index is 0.922. The first-order valence-electron chi connectivity index (χ1n) is 16.1. The molecule has 10 aromatic rings. The lowest BCUT2D eigenvalue weighted by atomic mass is 9.92. The number of para-hydroxylation sites is 2. The molecule has 46 heavy (non-hydrogen) atoms. The van der Waals surface area contributed by atoms with Crippen LogP contribution in [-0.2, 0) is 0 Å². The summed E-state index contributed by atoms with van der Waals surface area (Å²) >= 11 is 0. The summed E-state index contributed by atoms with van der Waals surface area (Å²) in [6.07, 6.45) is 0. The third-order valence-electron chi connectivity index (χ3n) is 9.36. The second-order valence-electron chi connectivity index (χ2n) is 11.7. The molecule has 0 spiro atoms. The van der Waals surface area contributed by atoms with Crippen LogP contribution in [0.5, 0.6) is 0 Å². The fourth-order valence-electron chi connectivity index (χ4n) is 7.42. The lowest BCUT2D eigenvalue weighted by Gasteiger charge is -2.13. The molecule has 0 saturated heterocycles. The minimum Gasteiger partial charge on any atom is -0.455 e. The van der Waals surface area contributed by atoms with E-state index in [1.807, 2.05) is 19.9 Å². The Bertz CT molecular complexity index is 2740. The van der Waals surface area contributed by atoms with Gasteiger partial charge in [0.1, 0.15) is 11.2 Å². The molecule has 2 aromatic heterocycles. The maximum absolute atomic E-state index is 6.51. The van der Waals surface area contributed by atoms with Crippen molar-refractivity contribution in [2.24, 2.45) is 0 Å². The molecule has 0 bridgehead atoms. The third kappa shape index (κ3) is 3.77. The summed E-state index contributed by atoms with van der Waals surface area (Å²) < 4.78 is 8.89. The van der Waals surface area contributed by atoms with Crippen LogP contribution in [-0.4, -0.2) is 4.57 Å². The molecule has 0 N–H and O–H groups in total. The number of nitrogens with zero attached hydrogens (tertiary/aromatic N) is 1. The lowest BCUT2D eigenvalue weighted by molar-refractivity contribution is 0.673. The van der Waals surface area contributed by atoms with Crippen LogP contribution < -0.4 is 0 Å². The van der Waals surface area contributed by atoms with Crippen LogP contribution >= 0.6 is 0 Å². The van der Waals surface area contributed by atoms with Gasteiger partial charge in [0.05, 0.1) is 16.4 Å². The molecule has 8 aromatic carbocycles. The summed E-state index contributed by atoms with van der Waals surface area (Å²) in [4.78, 5) is 0. The first kappa shape index (κ1) is 26.5. The highest BCUT2D eigenvalue weighted by Crippen LogP contribution is 2.41. The van der Waals surface area contributed by atoms with E-state index in [1.54, 1.807) is 0 Å². The van der Waals surface area contributed by atoms with Gasteiger partial charge in [0.2, 0.25) is 0 Å². The van der Waals surface area contributed by atoms with E-state index in [1.165, 1.54) is 54.3 Å². The lowest BCUT2D eigenvalue weighted by Crippen LogP contribution is -1.94. The first-order chi connectivity index (χ1) is 22.8. The largest absolute Gasteiger partial charge is 0.455 e. The van der Waals surface area contributed by atoms with Crippen LogP contribution in [0.25, 0.3) is 92.9 Å². The van der Waals surface area contributed by atoms with Crippen molar-refractivity contribution in [3.63, 3.8) is 0 Å². The Hall–Kier alpha value is -5.86. The van der Waals surface area contributed by atoms with E-state index in [0.717, 1.165) is 38.5 Å². The fraction of sp³-hybridized carbons (Fsp3) is 0.0455. The molecular weight excluding hydrogens is 558 g/mol. The van der Waals surface area contributed by atoms with Gasteiger partial charge in [-0.05, 0) is 85.9 Å². The predicted molar refractivity (Wildman–Crippen MR) is 197 cm³/mol. The highest BCUT2D eigenvalue weighted by Gasteiger charge is 2.19. The van der Waals surface area contributed by atoms with Gasteiger partial charge >= 0.3 is 0 Å². The second kappa shape index (κ2) is 10.4. The van der Waals surface area contributed by atoms with Crippen LogP contribution in [0.3, 0.4) is 0 Å². The molecule has 2 heteroatoms. The van der Waals surface area contributed by atoms with E-state index >= 15 is 0 Å². The van der Waals surface area contributed by atoms with E-state index in [-0.39, 0.29) is 0 Å². The van der Waals surface area contributed by atoms with Gasteiger partial charge in [-0.3, -0.25) is 0 Å². The van der Waals surface area contributed by atoms with E-state index in [0.29, 0.717) is 0 Å². The summed E-state index contributed by atoms with van der Waals surface area (Å²) in [5.41, 5.74) is 7.72. The first-order valence-corrected chi connectivity index (χ1v) is 16.1. The Balaban J connectivity index is 0.00000143. The molecule has 10 rings (SSSR count). The Labute approximate surface area is 266 Å². The van der Waals surface area contributed by atoms with Gasteiger partial charge in [-0.25, -0.2) is 0 Å². The van der Waals surface area contributed by atoms with Gasteiger partial charge in [-0.15, -0.1) is 0 Å². The molecule has 0 aliphatic rings. The van der Waals surface area contributed by atoms with Gasteiger partial charge in [0, 0.05) is 21.8 Å². The molecule has 0 atom stereocenters. The number of fused-ring (bicyclic) bond motifs is 13. The Morgan fingerprint density at radius 2 is 0.957 bits per heavy atom. The average Bonchev–Trinajstić information content (AvgIpc) is 3.68. The maximum Gasteiger partial charge on any atom is 0.145 e. The quantitative estimate of drug-likeness (QED) is 0.183. The Kier molecular flexibility index (Phi) is 5.97. The van der Waals surface area contributed by atoms with Crippen LogP contribution in [0.4, 0.5) is 0 Å². The Morgan fingerprint density at radius 3 is 1.70 bits per heavy atom. The molecule has 0 radical (unpaired) electrons. The molecule has 0 unspecified atom stereocenters. The zero-order valence-electron chi connectivity index (χ0n) is 25.8. The van der Waals surface area contributed by atoms with Crippen molar-refractivity contribution in [2.75, 3.05) is 0 Å². The van der Waals surface area contributed by atoms with Crippen molar-refractivity contribution in [1.82, 2.24) is 4.57 Å². The number of benzene rings is 8. The fourth-order valence-corrected chi connectivity index (χ4v) is 7.42. The van der Waals surface area contributed by atoms with Crippen LogP contribution in [0.1, 0.15) is 13.8 Å². The monoisotopic (exact) mass is 589 g/mol. The standard InChI is InChI=1S/C42H25NO.C2H6/c1-2-14-31-29(12-1)30-13-3-4-15-32(30)37-25-27(20-21-33(31)37)26-10-9-11-28(24-26)43-38-18-7-5-17-36(38)41-39(43)23-22-35-34-16-6-8-19-40(34)44-42(35)41;1-2/h1-25H;1-2H3. The molecule has 0 aliphatic carbocycles. The average molecular weight is 590 g/mol. The molecule has 0 amide bonds. The summed E-state index contributed by atoms with van der Waals surface area (Å²) in [5, 5.41) is 12.4. The smallest absolute Gasteiger partial charge is 0.145 e. The van der Waals surface area contributed by atoms with Gasteiger partial charge in [-0.2, -0.15) is 0 Å². The molecule has 0 fully saturated rings. The van der Waals surface area contributed by atoms with Crippen molar-refractivity contribution in [3.05, 3.63) is 152 Å². The zero-order chi connectivity index (χ0) is 30.8. The third-order valence-corrected chi connectivity index (χ3v) is 9.36. The highest BCUT2D eigenvalue weighted by molar-refractivity contribution is 6.26. The van der Waals surface area contributed by atoms with Crippen LogP contribution in [0.15, 0.2) is 156 Å². The molecule has 218 valence electrons. The van der Waals surface area contributed by atoms with E-state index in [4.69, 9.17) is 4.42 Å². The normalized spacial score (nSPS) is 11.7. The SMILES string of the molecule is CC.c1cc(-c2ccc3c4ccccc4c4ccccc4c3c2)cc(-n2c3ccccc3c3c4oc5ccccc5c4ccc32)c1. The molecular formula is C44H31NO. The van der Waals surface area contributed by atoms with Crippen molar-refractivity contribution in [3.8, 4) is 16.8 Å². The van der Waals surface area contributed by atoms with Crippen LogP contribution in [0, 0.1) is 0 Å². The molecule has 0 saturated carbocycles. The predicted octanol–water partition coefficient (Wildman–Crippen LogP) is 12.8. The van der Waals surface area contributed by atoms with E-state index in [9.17, 15) is 0 Å². The topological polar surface area (TPSA) is 18.1 Å². The number of furan rings is 1. The van der Waals surface area contributed by atoms with Crippen molar-refractivity contribution in [2.45, 2.75) is 13.8 Å². The van der Waals surface area contributed by atoms with Crippen molar-refractivity contribution in [1.29, 1.82) is 0 Å². The van der Waals surface area contributed by atoms with Gasteiger partial charge in [0.25, 0.3) is 0 Å². The molecule has 2 nitrogen and oxygen atoms in total. The van der Waals surface area contributed by atoms with Crippen molar-refractivity contribution >= 4 is 76.1 Å². The summed E-state index contributed by atoms with van der Waals surface area (Å²) in [5.74, 6) is 0. The van der Waals surface area contributed by atoms with Gasteiger partial charge < -0.3 is 8.98 Å². The maximum atomic E-state index is 6.51. The minimum absolute atomic E-state index is 0.922. The van der Waals surface area contributed by atoms with E-state index < -0.39 is 0 Å². The zero-order valence-corrected chi connectivity index (χ0v) is 25.8.